The molecule has 0 amide bonds. The van der Waals surface area contributed by atoms with Crippen molar-refractivity contribution in [1.82, 2.24) is 4.90 Å². The molecule has 0 aliphatic rings. The van der Waals surface area contributed by atoms with E-state index in [0.717, 1.165) is 6.07 Å². The highest BCUT2D eigenvalue weighted by Crippen LogP contribution is 2.37. The Morgan fingerprint density at radius 1 is 1.25 bits per heavy atom. The zero-order valence-electron chi connectivity index (χ0n) is 11.9. The van der Waals surface area contributed by atoms with Gasteiger partial charge < -0.3 is 10.0 Å². The molecule has 1 aromatic carbocycles. The Morgan fingerprint density at radius 2 is 1.80 bits per heavy atom. The summed E-state index contributed by atoms with van der Waals surface area (Å²) in [4.78, 5) is 1.74. The lowest BCUT2D eigenvalue weighted by molar-refractivity contribution is -0.140. The van der Waals surface area contributed by atoms with Gasteiger partial charge in [0.1, 0.15) is 5.82 Å². The number of benzene rings is 1. The average Bonchev–Trinajstić information content (AvgIpc) is 2.35. The highest BCUT2D eigenvalue weighted by Gasteiger charge is 2.38. The molecule has 0 aromatic heterocycles. The Morgan fingerprint density at radius 3 is 2.20 bits per heavy atom. The second kappa shape index (κ2) is 5.69. The van der Waals surface area contributed by atoms with Crippen molar-refractivity contribution in [2.45, 2.75) is 38.1 Å². The number of aliphatic hydroxyl groups excluding tert-OH is 1. The van der Waals surface area contributed by atoms with Crippen LogP contribution in [-0.2, 0) is 6.18 Å². The molecule has 0 fully saturated rings. The van der Waals surface area contributed by atoms with Crippen molar-refractivity contribution in [3.05, 3.63) is 35.1 Å². The SMILES string of the molecule is CCC(C)(C(O)c1ccc(F)c(C(F)(F)F)c1)N(C)C. The second-order valence-corrected chi connectivity index (χ2v) is 5.24. The predicted molar refractivity (Wildman–Crippen MR) is 68.7 cm³/mol. The highest BCUT2D eigenvalue weighted by atomic mass is 19.4. The van der Waals surface area contributed by atoms with E-state index in [2.05, 4.69) is 0 Å². The number of hydrogen-bond donors (Lipinski definition) is 1. The van der Waals surface area contributed by atoms with Gasteiger partial charge in [-0.2, -0.15) is 13.2 Å². The Hall–Kier alpha value is -1.14. The maximum atomic E-state index is 13.3. The lowest BCUT2D eigenvalue weighted by Crippen LogP contribution is -2.46. The van der Waals surface area contributed by atoms with Gasteiger partial charge in [0.25, 0.3) is 0 Å². The zero-order valence-corrected chi connectivity index (χ0v) is 11.9. The summed E-state index contributed by atoms with van der Waals surface area (Å²) in [6, 6.07) is 2.61. The van der Waals surface area contributed by atoms with Crippen LogP contribution in [0.5, 0.6) is 0 Å². The monoisotopic (exact) mass is 293 g/mol. The Balaban J connectivity index is 3.28. The largest absolute Gasteiger partial charge is 0.419 e. The van der Waals surface area contributed by atoms with Crippen LogP contribution in [0, 0.1) is 5.82 Å². The van der Waals surface area contributed by atoms with Crippen LogP contribution in [0.25, 0.3) is 0 Å². The molecule has 2 atom stereocenters. The minimum Gasteiger partial charge on any atom is -0.386 e. The second-order valence-electron chi connectivity index (χ2n) is 5.24. The van der Waals surface area contributed by atoms with E-state index in [1.54, 1.807) is 25.9 Å². The molecular weight excluding hydrogens is 274 g/mol. The van der Waals surface area contributed by atoms with E-state index in [-0.39, 0.29) is 5.56 Å². The minimum absolute atomic E-state index is 0.0526. The van der Waals surface area contributed by atoms with Crippen molar-refractivity contribution < 1.29 is 22.7 Å². The van der Waals surface area contributed by atoms with Gasteiger partial charge in [-0.1, -0.05) is 13.0 Å². The van der Waals surface area contributed by atoms with Crippen molar-refractivity contribution >= 4 is 0 Å². The molecule has 0 heterocycles. The van der Waals surface area contributed by atoms with Gasteiger partial charge in [0.05, 0.1) is 11.7 Å². The van der Waals surface area contributed by atoms with Gasteiger partial charge in [-0.3, -0.25) is 0 Å². The lowest BCUT2D eigenvalue weighted by atomic mass is 9.85. The van der Waals surface area contributed by atoms with E-state index in [0.29, 0.717) is 12.5 Å². The lowest BCUT2D eigenvalue weighted by Gasteiger charge is -2.40. The number of alkyl halides is 3. The fourth-order valence-electron chi connectivity index (χ4n) is 2.04. The number of rotatable bonds is 4. The predicted octanol–water partition coefficient (Wildman–Crippen LogP) is 3.61. The van der Waals surface area contributed by atoms with Crippen LogP contribution in [0.4, 0.5) is 17.6 Å². The van der Waals surface area contributed by atoms with Crippen LogP contribution in [0.3, 0.4) is 0 Å². The van der Waals surface area contributed by atoms with Crippen molar-refractivity contribution in [3.63, 3.8) is 0 Å². The summed E-state index contributed by atoms with van der Waals surface area (Å²) in [7, 11) is 3.47. The van der Waals surface area contributed by atoms with Crippen LogP contribution in [0.2, 0.25) is 0 Å². The van der Waals surface area contributed by atoms with Gasteiger partial charge >= 0.3 is 6.18 Å². The molecule has 0 saturated carbocycles. The zero-order chi connectivity index (χ0) is 15.7. The van der Waals surface area contributed by atoms with Crippen molar-refractivity contribution in [3.8, 4) is 0 Å². The molecule has 0 bridgehead atoms. The Bertz CT molecular complexity index is 473. The van der Waals surface area contributed by atoms with Crippen LogP contribution < -0.4 is 0 Å². The minimum atomic E-state index is -4.78. The summed E-state index contributed by atoms with van der Waals surface area (Å²) < 4.78 is 51.3. The van der Waals surface area contributed by atoms with Crippen LogP contribution in [0.15, 0.2) is 18.2 Å². The third kappa shape index (κ3) is 3.12. The molecule has 0 aliphatic carbocycles. The van der Waals surface area contributed by atoms with Crippen LogP contribution >= 0.6 is 0 Å². The van der Waals surface area contributed by atoms with Gasteiger partial charge in [0.15, 0.2) is 0 Å². The third-order valence-corrected chi connectivity index (χ3v) is 3.94. The van der Waals surface area contributed by atoms with Gasteiger partial charge in [0, 0.05) is 5.54 Å². The van der Waals surface area contributed by atoms with Crippen LogP contribution in [0.1, 0.15) is 37.5 Å². The molecule has 1 N–H and O–H groups in total. The molecule has 0 radical (unpaired) electrons. The maximum Gasteiger partial charge on any atom is 0.419 e. The Kier molecular flexibility index (Phi) is 4.82. The van der Waals surface area contributed by atoms with Gasteiger partial charge in [0.2, 0.25) is 0 Å². The molecule has 0 aliphatic heterocycles. The number of nitrogens with zero attached hydrogens (tertiary/aromatic N) is 1. The normalized spacial score (nSPS) is 17.1. The smallest absolute Gasteiger partial charge is 0.386 e. The average molecular weight is 293 g/mol. The first kappa shape index (κ1) is 16.9. The first-order chi connectivity index (χ1) is 9.04. The summed E-state index contributed by atoms with van der Waals surface area (Å²) in [5, 5.41) is 10.4. The fourth-order valence-corrected chi connectivity index (χ4v) is 2.04. The molecule has 0 spiro atoms. The number of halogens is 4. The van der Waals surface area contributed by atoms with E-state index in [1.165, 1.54) is 6.07 Å². The standard InChI is InChI=1S/C14H19F4NO/c1-5-13(2,19(3)4)12(20)9-6-7-11(15)10(8-9)14(16,17)18/h6-8,12,20H,5H2,1-4H3. The number of hydrogen-bond acceptors (Lipinski definition) is 2. The van der Waals surface area contributed by atoms with E-state index >= 15 is 0 Å². The topological polar surface area (TPSA) is 23.5 Å². The van der Waals surface area contributed by atoms with Gasteiger partial charge in [-0.05, 0) is 45.1 Å². The van der Waals surface area contributed by atoms with Crippen molar-refractivity contribution in [2.24, 2.45) is 0 Å². The number of likely N-dealkylation sites (N-methyl/N-ethyl adjacent to an activating group) is 1. The molecule has 114 valence electrons. The summed E-state index contributed by atoms with van der Waals surface area (Å²) in [5.41, 5.74) is -2.04. The van der Waals surface area contributed by atoms with E-state index in [9.17, 15) is 22.7 Å². The van der Waals surface area contributed by atoms with Crippen molar-refractivity contribution in [1.29, 1.82) is 0 Å². The molecule has 0 saturated heterocycles. The quantitative estimate of drug-likeness (QED) is 0.857. The highest BCUT2D eigenvalue weighted by molar-refractivity contribution is 5.30. The van der Waals surface area contributed by atoms with Gasteiger partial charge in [-0.25, -0.2) is 4.39 Å². The molecule has 2 nitrogen and oxygen atoms in total. The first-order valence-electron chi connectivity index (χ1n) is 6.26. The molecule has 1 aromatic rings. The van der Waals surface area contributed by atoms with Crippen LogP contribution in [-0.4, -0.2) is 29.6 Å². The molecular formula is C14H19F4NO. The maximum absolute atomic E-state index is 13.3. The van der Waals surface area contributed by atoms with E-state index in [4.69, 9.17) is 0 Å². The molecule has 2 unspecified atom stereocenters. The third-order valence-electron chi connectivity index (χ3n) is 3.94. The summed E-state index contributed by atoms with van der Waals surface area (Å²) in [6.07, 6.45) is -5.40. The summed E-state index contributed by atoms with van der Waals surface area (Å²) >= 11 is 0. The molecule has 20 heavy (non-hydrogen) atoms. The number of aliphatic hydroxyl groups is 1. The van der Waals surface area contributed by atoms with Gasteiger partial charge in [-0.15, -0.1) is 0 Å². The first-order valence-corrected chi connectivity index (χ1v) is 6.26. The molecule has 1 rings (SSSR count). The van der Waals surface area contributed by atoms with Crippen molar-refractivity contribution in [2.75, 3.05) is 14.1 Å². The molecule has 6 heteroatoms. The fraction of sp³-hybridized carbons (Fsp3) is 0.571. The van der Waals surface area contributed by atoms with E-state index in [1.807, 2.05) is 6.92 Å². The van der Waals surface area contributed by atoms with E-state index < -0.39 is 29.2 Å². The Labute approximate surface area is 116 Å². The summed E-state index contributed by atoms with van der Waals surface area (Å²) in [5.74, 6) is -1.34. The summed E-state index contributed by atoms with van der Waals surface area (Å²) in [6.45, 7) is 3.58.